The lowest BCUT2D eigenvalue weighted by atomic mass is 9.53. The Bertz CT molecular complexity index is 1380. The number of halogens is 3. The quantitative estimate of drug-likeness (QED) is 0.368. The zero-order chi connectivity index (χ0) is 25.0. The highest BCUT2D eigenvalue weighted by Gasteiger charge is 2.51. The monoisotopic (exact) mass is 535 g/mol. The van der Waals surface area contributed by atoms with Crippen molar-refractivity contribution in [2.24, 2.45) is 17.8 Å². The van der Waals surface area contributed by atoms with Crippen LogP contribution in [-0.2, 0) is 0 Å². The molecule has 4 aliphatic carbocycles. The molecular formula is C29H24Cl3N3O. The third-order valence-electron chi connectivity index (χ3n) is 8.13. The second-order valence-corrected chi connectivity index (χ2v) is 12.0. The van der Waals surface area contributed by atoms with Gasteiger partial charge >= 0.3 is 0 Å². The highest BCUT2D eigenvalue weighted by Crippen LogP contribution is 2.55. The number of nitrogens with zero attached hydrogens (tertiary/aromatic N) is 2. The number of carbonyl (C=O) groups is 1. The molecule has 1 heterocycles. The molecule has 4 nitrogen and oxygen atoms in total. The van der Waals surface area contributed by atoms with Crippen molar-refractivity contribution in [2.45, 2.75) is 44.1 Å². The van der Waals surface area contributed by atoms with Gasteiger partial charge in [0.15, 0.2) is 5.69 Å². The summed E-state index contributed by atoms with van der Waals surface area (Å²) < 4.78 is 0. The Balaban J connectivity index is 1.45. The van der Waals surface area contributed by atoms with Gasteiger partial charge in [-0.05, 0) is 86.6 Å². The predicted molar refractivity (Wildman–Crippen MR) is 143 cm³/mol. The van der Waals surface area contributed by atoms with Crippen molar-refractivity contribution < 1.29 is 4.79 Å². The molecule has 0 atom stereocenters. The number of nitrogens with one attached hydrogen (secondary N) is 1. The van der Waals surface area contributed by atoms with Crippen LogP contribution in [0.1, 0.15) is 54.6 Å². The van der Waals surface area contributed by atoms with E-state index in [-0.39, 0.29) is 22.7 Å². The fourth-order valence-corrected chi connectivity index (χ4v) is 7.72. The minimum atomic E-state index is -0.241. The molecule has 4 fully saturated rings. The molecule has 3 aromatic rings. The Hall–Kier alpha value is -2.58. The first kappa shape index (κ1) is 23.8. The van der Waals surface area contributed by atoms with Crippen molar-refractivity contribution >= 4 is 40.7 Å². The lowest BCUT2D eigenvalue weighted by Crippen LogP contribution is -2.59. The van der Waals surface area contributed by atoms with Crippen LogP contribution in [0, 0.1) is 29.1 Å². The maximum absolute atomic E-state index is 13.8. The number of carbonyl (C=O) groups excluding carboxylic acids is 1. The molecule has 4 saturated carbocycles. The molecule has 0 saturated heterocycles. The molecule has 0 aliphatic heterocycles. The lowest BCUT2D eigenvalue weighted by molar-refractivity contribution is -0.0167. The summed E-state index contributed by atoms with van der Waals surface area (Å²) in [5.41, 5.74) is 2.86. The highest BCUT2D eigenvalue weighted by atomic mass is 35.5. The first-order valence-corrected chi connectivity index (χ1v) is 13.4. The molecule has 7 heteroatoms. The number of nitriles is 1. The molecule has 182 valence electrons. The van der Waals surface area contributed by atoms with E-state index >= 15 is 0 Å². The molecule has 7 rings (SSSR count). The molecule has 1 amide bonds. The van der Waals surface area contributed by atoms with Crippen LogP contribution in [-0.4, -0.2) is 16.4 Å². The van der Waals surface area contributed by atoms with E-state index in [4.69, 9.17) is 34.8 Å². The van der Waals surface area contributed by atoms with Crippen LogP contribution in [0.5, 0.6) is 0 Å². The summed E-state index contributed by atoms with van der Waals surface area (Å²) >= 11 is 18.9. The van der Waals surface area contributed by atoms with Gasteiger partial charge in [-0.25, -0.2) is 4.98 Å². The highest BCUT2D eigenvalue weighted by molar-refractivity contribution is 6.36. The van der Waals surface area contributed by atoms with Gasteiger partial charge in [-0.3, -0.25) is 4.79 Å². The summed E-state index contributed by atoms with van der Waals surface area (Å²) in [6.45, 7) is 0. The molecule has 36 heavy (non-hydrogen) atoms. The van der Waals surface area contributed by atoms with Crippen molar-refractivity contribution in [2.75, 3.05) is 0 Å². The van der Waals surface area contributed by atoms with Crippen LogP contribution in [0.4, 0.5) is 0 Å². The zero-order valence-electron chi connectivity index (χ0n) is 19.5. The molecular weight excluding hydrogens is 513 g/mol. The lowest BCUT2D eigenvalue weighted by Gasteiger charge is -2.56. The Kier molecular flexibility index (Phi) is 5.99. The van der Waals surface area contributed by atoms with Gasteiger partial charge in [-0.1, -0.05) is 53.0 Å². The van der Waals surface area contributed by atoms with E-state index in [0.29, 0.717) is 49.6 Å². The normalized spacial score (nSPS) is 26.0. The SMILES string of the molecule is N#Cc1nc(-c2ccc(Cl)cc2)c(-c2ccc(Cl)cc2Cl)cc1C(=O)NC12CC3CC(CC(C3)C1)C2. The molecule has 2 aromatic carbocycles. The van der Waals surface area contributed by atoms with Crippen LogP contribution >= 0.6 is 34.8 Å². The van der Waals surface area contributed by atoms with Crippen LogP contribution in [0.2, 0.25) is 15.1 Å². The maximum atomic E-state index is 13.8. The van der Waals surface area contributed by atoms with E-state index in [2.05, 4.69) is 16.4 Å². The van der Waals surface area contributed by atoms with E-state index in [0.717, 1.165) is 24.8 Å². The summed E-state index contributed by atoms with van der Waals surface area (Å²) in [4.78, 5) is 18.4. The average molecular weight is 537 g/mol. The molecule has 4 aliphatic rings. The zero-order valence-corrected chi connectivity index (χ0v) is 21.8. The first-order chi connectivity index (χ1) is 17.3. The first-order valence-electron chi connectivity index (χ1n) is 12.3. The Morgan fingerprint density at radius 2 is 1.50 bits per heavy atom. The van der Waals surface area contributed by atoms with Gasteiger partial charge in [0.25, 0.3) is 5.91 Å². The minimum Gasteiger partial charge on any atom is -0.346 e. The average Bonchev–Trinajstić information content (AvgIpc) is 2.83. The smallest absolute Gasteiger partial charge is 0.254 e. The Labute approximate surface area is 225 Å². The largest absolute Gasteiger partial charge is 0.346 e. The number of hydrogen-bond donors (Lipinski definition) is 1. The topological polar surface area (TPSA) is 65.8 Å². The second-order valence-electron chi connectivity index (χ2n) is 10.7. The number of rotatable bonds is 4. The van der Waals surface area contributed by atoms with Crippen molar-refractivity contribution in [1.29, 1.82) is 5.26 Å². The van der Waals surface area contributed by atoms with Crippen LogP contribution in [0.25, 0.3) is 22.4 Å². The minimum absolute atomic E-state index is 0.0935. The molecule has 0 radical (unpaired) electrons. The summed E-state index contributed by atoms with van der Waals surface area (Å²) in [6, 6.07) is 16.4. The van der Waals surface area contributed by atoms with Gasteiger partial charge in [-0.15, -0.1) is 0 Å². The van der Waals surface area contributed by atoms with Gasteiger partial charge in [0.2, 0.25) is 0 Å². The molecule has 4 bridgehead atoms. The van der Waals surface area contributed by atoms with Crippen molar-refractivity contribution in [3.05, 3.63) is 74.9 Å². The van der Waals surface area contributed by atoms with Crippen LogP contribution < -0.4 is 5.32 Å². The van der Waals surface area contributed by atoms with E-state index in [9.17, 15) is 10.1 Å². The number of amides is 1. The summed E-state index contributed by atoms with van der Waals surface area (Å²) in [7, 11) is 0. The predicted octanol–water partition coefficient (Wildman–Crippen LogP) is 7.95. The molecule has 1 N–H and O–H groups in total. The van der Waals surface area contributed by atoms with Gasteiger partial charge in [0.1, 0.15) is 6.07 Å². The Morgan fingerprint density at radius 1 is 0.889 bits per heavy atom. The second kappa shape index (κ2) is 9.06. The van der Waals surface area contributed by atoms with Gasteiger partial charge in [-0.2, -0.15) is 5.26 Å². The number of pyridine rings is 1. The Morgan fingerprint density at radius 3 is 2.08 bits per heavy atom. The summed E-state index contributed by atoms with van der Waals surface area (Å²) in [5.74, 6) is 1.84. The maximum Gasteiger partial charge on any atom is 0.254 e. The van der Waals surface area contributed by atoms with Crippen molar-refractivity contribution in [3.63, 3.8) is 0 Å². The number of benzene rings is 2. The standard InChI is InChI=1S/C29H24Cl3N3O/c30-20-3-1-19(2-4-20)27-23(22-6-5-21(31)10-25(22)32)11-24(26(15-33)34-27)28(36)35-29-12-16-7-17(13-29)9-18(8-16)14-29/h1-6,10-11,16-18H,7-9,12-14H2,(H,35,36). The fraction of sp³-hybridized carbons (Fsp3) is 0.345. The summed E-state index contributed by atoms with van der Waals surface area (Å²) in [5, 5.41) is 14.9. The van der Waals surface area contributed by atoms with Gasteiger partial charge < -0.3 is 5.32 Å². The van der Waals surface area contributed by atoms with Crippen LogP contribution in [0.15, 0.2) is 48.5 Å². The van der Waals surface area contributed by atoms with E-state index in [1.807, 2.05) is 18.2 Å². The van der Waals surface area contributed by atoms with Gasteiger partial charge in [0.05, 0.1) is 11.3 Å². The number of aromatic nitrogens is 1. The fourth-order valence-electron chi connectivity index (χ4n) is 7.08. The van der Waals surface area contributed by atoms with Gasteiger partial charge in [0, 0.05) is 37.3 Å². The van der Waals surface area contributed by atoms with E-state index < -0.39 is 0 Å². The van der Waals surface area contributed by atoms with E-state index in [1.54, 1.807) is 30.3 Å². The third-order valence-corrected chi connectivity index (χ3v) is 8.93. The van der Waals surface area contributed by atoms with E-state index in [1.165, 1.54) is 19.3 Å². The molecule has 0 unspecified atom stereocenters. The molecule has 1 aromatic heterocycles. The number of hydrogen-bond acceptors (Lipinski definition) is 3. The third kappa shape index (κ3) is 4.28. The molecule has 0 spiro atoms. The summed E-state index contributed by atoms with van der Waals surface area (Å²) in [6.07, 6.45) is 6.94. The van der Waals surface area contributed by atoms with Crippen molar-refractivity contribution in [3.8, 4) is 28.5 Å². The van der Waals surface area contributed by atoms with Crippen LogP contribution in [0.3, 0.4) is 0 Å². The van der Waals surface area contributed by atoms with Crippen molar-refractivity contribution in [1.82, 2.24) is 10.3 Å².